The van der Waals surface area contributed by atoms with E-state index in [1.165, 1.54) is 14.0 Å². The first-order valence-electron chi connectivity index (χ1n) is 3.74. The zero-order chi connectivity index (χ0) is 9.35. The summed E-state index contributed by atoms with van der Waals surface area (Å²) in [5, 5.41) is 0. The number of halogens is 2. The first-order chi connectivity index (χ1) is 5.43. The molecule has 3 nitrogen and oxygen atoms in total. The normalized spacial score (nSPS) is 30.2. The van der Waals surface area contributed by atoms with Crippen LogP contribution in [0.2, 0.25) is 0 Å². The molecular weight excluding hydrogens is 168 g/mol. The summed E-state index contributed by atoms with van der Waals surface area (Å²) in [6.45, 7) is 1.84. The smallest absolute Gasteiger partial charge is 0.338 e. The van der Waals surface area contributed by atoms with Gasteiger partial charge in [-0.1, -0.05) is 0 Å². The number of carbonyl (C=O) groups excluding carboxylic acids is 1. The highest BCUT2D eigenvalue weighted by Gasteiger charge is 2.45. The number of likely N-dealkylation sites (N-methyl/N-ethyl adjacent to an activating group) is 1. The first kappa shape index (κ1) is 9.38. The van der Waals surface area contributed by atoms with Crippen LogP contribution in [0, 0.1) is 0 Å². The largest absolute Gasteiger partial charge is 0.436 e. The van der Waals surface area contributed by atoms with Crippen LogP contribution in [0.3, 0.4) is 0 Å². The fourth-order valence-electron chi connectivity index (χ4n) is 1.06. The maximum absolute atomic E-state index is 12.7. The van der Waals surface area contributed by atoms with Crippen LogP contribution in [0.25, 0.3) is 0 Å². The molecule has 0 aromatic carbocycles. The second-order valence-electron chi connectivity index (χ2n) is 2.96. The maximum Gasteiger partial charge on any atom is 0.436 e. The van der Waals surface area contributed by atoms with E-state index < -0.39 is 18.1 Å². The van der Waals surface area contributed by atoms with Gasteiger partial charge in [0.05, 0.1) is 6.10 Å². The van der Waals surface area contributed by atoms with Gasteiger partial charge in [0.1, 0.15) is 0 Å². The Morgan fingerprint density at radius 2 is 2.25 bits per heavy atom. The van der Waals surface area contributed by atoms with Gasteiger partial charge in [0.15, 0.2) is 0 Å². The summed E-state index contributed by atoms with van der Waals surface area (Å²) in [5.41, 5.74) is 0. The Balaban J connectivity index is 2.79. The Morgan fingerprint density at radius 3 is 2.83 bits per heavy atom. The molecule has 0 saturated carbocycles. The number of hydrogen-bond donors (Lipinski definition) is 0. The molecule has 1 amide bonds. The van der Waals surface area contributed by atoms with Crippen molar-refractivity contribution in [2.75, 3.05) is 13.6 Å². The van der Waals surface area contributed by atoms with Gasteiger partial charge in [0, 0.05) is 13.6 Å². The average Bonchev–Trinajstić information content (AvgIpc) is 2.03. The van der Waals surface area contributed by atoms with E-state index in [0.717, 1.165) is 4.90 Å². The topological polar surface area (TPSA) is 29.5 Å². The summed E-state index contributed by atoms with van der Waals surface area (Å²) in [5.74, 6) is -1.26. The molecular formula is C7H11F2NO2. The second kappa shape index (κ2) is 2.97. The molecule has 70 valence electrons. The third kappa shape index (κ3) is 1.72. The summed E-state index contributed by atoms with van der Waals surface area (Å²) in [6.07, 6.45) is -3.78. The summed E-state index contributed by atoms with van der Waals surface area (Å²) in [6, 6.07) is 0. The Morgan fingerprint density at radius 1 is 1.67 bits per heavy atom. The third-order valence-electron chi connectivity index (χ3n) is 1.82. The standard InChI is InChI=1S/C7H11F2NO2/c1-5-3-4-10(2)6(11)7(8,9)12-5/h5H,3-4H2,1-2H3. The van der Waals surface area contributed by atoms with Crippen LogP contribution in [0.1, 0.15) is 13.3 Å². The lowest BCUT2D eigenvalue weighted by Gasteiger charge is -2.18. The number of rotatable bonds is 0. The predicted molar refractivity (Wildman–Crippen MR) is 37.7 cm³/mol. The molecule has 0 radical (unpaired) electrons. The highest BCUT2D eigenvalue weighted by atomic mass is 19.3. The molecule has 0 aromatic heterocycles. The zero-order valence-electron chi connectivity index (χ0n) is 7.01. The molecule has 1 rings (SSSR count). The first-order valence-corrected chi connectivity index (χ1v) is 3.74. The van der Waals surface area contributed by atoms with E-state index in [4.69, 9.17) is 0 Å². The van der Waals surface area contributed by atoms with Crippen LogP contribution < -0.4 is 0 Å². The number of ether oxygens (including phenoxy) is 1. The van der Waals surface area contributed by atoms with Gasteiger partial charge < -0.3 is 9.64 Å². The lowest BCUT2D eigenvalue weighted by molar-refractivity contribution is -0.246. The molecule has 1 aliphatic rings. The van der Waals surface area contributed by atoms with Crippen LogP contribution >= 0.6 is 0 Å². The molecule has 1 atom stereocenters. The van der Waals surface area contributed by atoms with E-state index in [1.54, 1.807) is 0 Å². The van der Waals surface area contributed by atoms with Gasteiger partial charge in [-0.25, -0.2) is 0 Å². The van der Waals surface area contributed by atoms with E-state index in [-0.39, 0.29) is 0 Å². The molecule has 12 heavy (non-hydrogen) atoms. The number of hydrogen-bond acceptors (Lipinski definition) is 2. The van der Waals surface area contributed by atoms with Gasteiger partial charge in [0.25, 0.3) is 0 Å². The molecule has 0 aromatic rings. The third-order valence-corrected chi connectivity index (χ3v) is 1.82. The molecule has 5 heteroatoms. The van der Waals surface area contributed by atoms with Gasteiger partial charge >= 0.3 is 12.0 Å². The van der Waals surface area contributed by atoms with Gasteiger partial charge in [-0.2, -0.15) is 8.78 Å². The van der Waals surface area contributed by atoms with Gasteiger partial charge in [-0.3, -0.25) is 4.79 Å². The van der Waals surface area contributed by atoms with E-state index in [2.05, 4.69) is 4.74 Å². The summed E-state index contributed by atoms with van der Waals surface area (Å²) in [7, 11) is 1.34. The maximum atomic E-state index is 12.7. The molecule has 1 heterocycles. The van der Waals surface area contributed by atoms with Crippen molar-refractivity contribution in [2.24, 2.45) is 0 Å². The molecule has 0 N–H and O–H groups in total. The van der Waals surface area contributed by atoms with Crippen LogP contribution in [-0.4, -0.2) is 36.6 Å². The van der Waals surface area contributed by atoms with Crippen molar-refractivity contribution in [3.8, 4) is 0 Å². The molecule has 1 unspecified atom stereocenters. The van der Waals surface area contributed by atoms with Crippen molar-refractivity contribution in [3.63, 3.8) is 0 Å². The van der Waals surface area contributed by atoms with E-state index in [9.17, 15) is 13.6 Å². The Labute approximate surface area is 69.3 Å². The van der Waals surface area contributed by atoms with Crippen molar-refractivity contribution in [1.29, 1.82) is 0 Å². The molecule has 1 saturated heterocycles. The van der Waals surface area contributed by atoms with E-state index in [1.807, 2.05) is 0 Å². The Hall–Kier alpha value is -0.710. The van der Waals surface area contributed by atoms with E-state index in [0.29, 0.717) is 13.0 Å². The van der Waals surface area contributed by atoms with Gasteiger partial charge in [-0.15, -0.1) is 0 Å². The predicted octanol–water partition coefficient (Wildman–Crippen LogP) is 0.846. The van der Waals surface area contributed by atoms with Crippen LogP contribution in [-0.2, 0) is 9.53 Å². The van der Waals surface area contributed by atoms with Crippen LogP contribution in [0.15, 0.2) is 0 Å². The highest BCUT2D eigenvalue weighted by Crippen LogP contribution is 2.24. The van der Waals surface area contributed by atoms with Crippen molar-refractivity contribution in [2.45, 2.75) is 25.6 Å². The average molecular weight is 179 g/mol. The minimum absolute atomic E-state index is 0.315. The Bertz CT molecular complexity index is 196. The Kier molecular flexibility index (Phi) is 2.32. The fraction of sp³-hybridized carbons (Fsp3) is 0.857. The van der Waals surface area contributed by atoms with E-state index >= 15 is 0 Å². The monoisotopic (exact) mass is 179 g/mol. The van der Waals surface area contributed by atoms with Crippen molar-refractivity contribution >= 4 is 5.91 Å². The molecule has 0 spiro atoms. The van der Waals surface area contributed by atoms with Crippen molar-refractivity contribution in [1.82, 2.24) is 4.90 Å². The molecule has 1 fully saturated rings. The van der Waals surface area contributed by atoms with Crippen molar-refractivity contribution in [3.05, 3.63) is 0 Å². The minimum atomic E-state index is -3.65. The fourth-order valence-corrected chi connectivity index (χ4v) is 1.06. The lowest BCUT2D eigenvalue weighted by atomic mass is 10.3. The number of alkyl halides is 2. The molecule has 0 aliphatic carbocycles. The summed E-state index contributed by atoms with van der Waals surface area (Å²) >= 11 is 0. The second-order valence-corrected chi connectivity index (χ2v) is 2.96. The summed E-state index contributed by atoms with van der Waals surface area (Å²) in [4.78, 5) is 11.9. The molecule has 0 bridgehead atoms. The van der Waals surface area contributed by atoms with Gasteiger partial charge in [-0.05, 0) is 13.3 Å². The quantitative estimate of drug-likeness (QED) is 0.551. The SMILES string of the molecule is CC1CCN(C)C(=O)C(F)(F)O1. The van der Waals surface area contributed by atoms with Gasteiger partial charge in [0.2, 0.25) is 0 Å². The van der Waals surface area contributed by atoms with Crippen molar-refractivity contribution < 1.29 is 18.3 Å². The lowest BCUT2D eigenvalue weighted by Crippen LogP contribution is -2.41. The minimum Gasteiger partial charge on any atom is -0.338 e. The summed E-state index contributed by atoms with van der Waals surface area (Å²) < 4.78 is 29.7. The number of carbonyl (C=O) groups is 1. The number of amides is 1. The molecule has 1 aliphatic heterocycles. The zero-order valence-corrected chi connectivity index (χ0v) is 7.01. The van der Waals surface area contributed by atoms with Crippen LogP contribution in [0.5, 0.6) is 0 Å². The van der Waals surface area contributed by atoms with Crippen LogP contribution in [0.4, 0.5) is 8.78 Å². The number of nitrogens with zero attached hydrogens (tertiary/aromatic N) is 1. The highest BCUT2D eigenvalue weighted by molar-refractivity contribution is 5.81.